The summed E-state index contributed by atoms with van der Waals surface area (Å²) in [6.45, 7) is 4.54. The van der Waals surface area contributed by atoms with E-state index in [2.05, 4.69) is 132 Å². The Morgan fingerprint density at radius 3 is 1.44 bits per heavy atom. The van der Waals surface area contributed by atoms with E-state index in [0.29, 0.717) is 11.1 Å². The van der Waals surface area contributed by atoms with Crippen LogP contribution in [-0.4, -0.2) is 9.13 Å². The highest BCUT2D eigenvalue weighted by molar-refractivity contribution is 6.10. The van der Waals surface area contributed by atoms with Crippen LogP contribution in [0.4, 0.5) is 0 Å². The zero-order valence-electron chi connectivity index (χ0n) is 28.2. The lowest BCUT2D eigenvalue weighted by Gasteiger charge is -2.28. The van der Waals surface area contributed by atoms with Gasteiger partial charge in [-0.3, -0.25) is 0 Å². The first kappa shape index (κ1) is 29.8. The van der Waals surface area contributed by atoms with Gasteiger partial charge in [-0.1, -0.05) is 78.9 Å². The molecule has 0 bridgehead atoms. The average Bonchev–Trinajstić information content (AvgIpc) is 3.68. The van der Waals surface area contributed by atoms with Gasteiger partial charge in [-0.05, 0) is 110 Å². The van der Waals surface area contributed by atoms with Crippen LogP contribution in [0.1, 0.15) is 46.4 Å². The van der Waals surface area contributed by atoms with Crippen LogP contribution in [0, 0.1) is 36.5 Å². The van der Waals surface area contributed by atoms with Gasteiger partial charge in [0.05, 0.1) is 51.2 Å². The summed E-state index contributed by atoms with van der Waals surface area (Å²) in [5.74, 6) is 0. The zero-order chi connectivity index (χ0) is 33.9. The van der Waals surface area contributed by atoms with Crippen LogP contribution in [0.2, 0.25) is 0 Å². The maximum Gasteiger partial charge on any atom is 0.0991 e. The smallest absolute Gasteiger partial charge is 0.0991 e. The van der Waals surface area contributed by atoms with Gasteiger partial charge in [0.1, 0.15) is 0 Å². The van der Waals surface area contributed by atoms with Crippen LogP contribution in [0.5, 0.6) is 0 Å². The Morgan fingerprint density at radius 2 is 0.920 bits per heavy atom. The van der Waals surface area contributed by atoms with E-state index >= 15 is 0 Å². The number of benzene rings is 6. The maximum absolute atomic E-state index is 9.72. The van der Waals surface area contributed by atoms with Crippen molar-refractivity contribution >= 4 is 32.7 Å². The predicted octanol–water partition coefficient (Wildman–Crippen LogP) is 11.3. The molecule has 8 aromatic rings. The quantitative estimate of drug-likeness (QED) is 0.192. The Balaban J connectivity index is 1.52. The Morgan fingerprint density at radius 1 is 0.480 bits per heavy atom. The Kier molecular flexibility index (Phi) is 6.94. The van der Waals surface area contributed by atoms with Crippen molar-refractivity contribution in [1.82, 2.24) is 9.13 Å². The lowest BCUT2D eigenvalue weighted by Crippen LogP contribution is -2.13. The second-order valence-corrected chi connectivity index (χ2v) is 13.4. The number of nitriles is 2. The molecule has 0 fully saturated rings. The highest BCUT2D eigenvalue weighted by Crippen LogP contribution is 2.48. The summed E-state index contributed by atoms with van der Waals surface area (Å²) in [5, 5.41) is 23.2. The first-order chi connectivity index (χ1) is 24.6. The fourth-order valence-electron chi connectivity index (χ4n) is 8.57. The zero-order valence-corrected chi connectivity index (χ0v) is 28.2. The lowest BCUT2D eigenvalue weighted by atomic mass is 9.86. The summed E-state index contributed by atoms with van der Waals surface area (Å²) in [4.78, 5) is 0. The van der Waals surface area contributed by atoms with E-state index in [-0.39, 0.29) is 0 Å². The van der Waals surface area contributed by atoms with Crippen LogP contribution < -0.4 is 0 Å². The molecule has 2 heterocycles. The average molecular weight is 643 g/mol. The van der Waals surface area contributed by atoms with Crippen molar-refractivity contribution in [3.05, 3.63) is 155 Å². The molecule has 0 saturated heterocycles. The normalized spacial score (nSPS) is 12.6. The maximum atomic E-state index is 9.72. The minimum Gasteiger partial charge on any atom is -0.312 e. The van der Waals surface area contributed by atoms with E-state index in [1.807, 2.05) is 24.3 Å². The molecule has 1 aliphatic carbocycles. The van der Waals surface area contributed by atoms with Gasteiger partial charge in [-0.25, -0.2) is 0 Å². The molecule has 6 aromatic carbocycles. The van der Waals surface area contributed by atoms with E-state index in [1.165, 1.54) is 50.6 Å². The molecule has 4 heteroatoms. The van der Waals surface area contributed by atoms with E-state index in [1.54, 1.807) is 0 Å². The van der Waals surface area contributed by atoms with Crippen molar-refractivity contribution in [3.63, 3.8) is 0 Å². The lowest BCUT2D eigenvalue weighted by molar-refractivity contribution is 0.666. The Labute approximate surface area is 291 Å². The molecule has 0 N–H and O–H groups in total. The third-order valence-corrected chi connectivity index (χ3v) is 10.7. The van der Waals surface area contributed by atoms with Crippen LogP contribution in [0.3, 0.4) is 0 Å². The molecule has 0 amide bonds. The van der Waals surface area contributed by atoms with E-state index < -0.39 is 0 Å². The van der Waals surface area contributed by atoms with Gasteiger partial charge in [0.25, 0.3) is 0 Å². The molecule has 0 atom stereocenters. The number of nitrogens with zero attached hydrogens (tertiary/aromatic N) is 4. The van der Waals surface area contributed by atoms with Crippen molar-refractivity contribution in [1.29, 1.82) is 10.5 Å². The van der Waals surface area contributed by atoms with Gasteiger partial charge in [0.15, 0.2) is 0 Å². The summed E-state index contributed by atoms with van der Waals surface area (Å²) in [7, 11) is 0. The predicted molar refractivity (Wildman–Crippen MR) is 204 cm³/mol. The molecule has 0 aliphatic heterocycles. The molecule has 0 radical (unpaired) electrons. The highest BCUT2D eigenvalue weighted by Gasteiger charge is 2.29. The first-order valence-electron chi connectivity index (χ1n) is 17.4. The fraction of sp³-hybridized carbons (Fsp3) is 0.130. The van der Waals surface area contributed by atoms with Gasteiger partial charge >= 0.3 is 0 Å². The molecule has 4 nitrogen and oxygen atoms in total. The number of aryl methyl sites for hydroxylation is 1. The van der Waals surface area contributed by atoms with Crippen molar-refractivity contribution in [2.75, 3.05) is 0 Å². The number of aromatic nitrogens is 2. The van der Waals surface area contributed by atoms with Gasteiger partial charge in [0, 0.05) is 33.0 Å². The van der Waals surface area contributed by atoms with Crippen LogP contribution in [0.25, 0.3) is 66.3 Å². The molecule has 238 valence electrons. The second-order valence-electron chi connectivity index (χ2n) is 13.4. The Bertz CT molecular complexity index is 2670. The Hall–Kier alpha value is -6.36. The van der Waals surface area contributed by atoms with E-state index in [0.717, 1.165) is 63.8 Å². The van der Waals surface area contributed by atoms with Crippen molar-refractivity contribution in [3.8, 4) is 45.8 Å². The fourth-order valence-corrected chi connectivity index (χ4v) is 8.57. The van der Waals surface area contributed by atoms with Gasteiger partial charge in [0.2, 0.25) is 0 Å². The molecular formula is C46H34N4. The summed E-state index contributed by atoms with van der Waals surface area (Å²) >= 11 is 0. The summed E-state index contributed by atoms with van der Waals surface area (Å²) < 4.78 is 5.03. The number of fused-ring (bicyclic) bond motifs is 6. The van der Waals surface area contributed by atoms with Crippen LogP contribution >= 0.6 is 0 Å². The van der Waals surface area contributed by atoms with Crippen molar-refractivity contribution in [2.24, 2.45) is 0 Å². The SMILES string of the molecule is Cc1c(-c2ccc(C#N)cc2)c(-n2c3c(c4ccccc42)CCCC3)c(C)c(-n2c3ccccc3c3ccccc32)c1-c1ccc(C#N)cc1. The van der Waals surface area contributed by atoms with Crippen molar-refractivity contribution < 1.29 is 0 Å². The van der Waals surface area contributed by atoms with Crippen LogP contribution in [0.15, 0.2) is 121 Å². The number of rotatable bonds is 4. The minimum absolute atomic E-state index is 0.635. The largest absolute Gasteiger partial charge is 0.312 e. The molecular weight excluding hydrogens is 609 g/mol. The topological polar surface area (TPSA) is 57.4 Å². The molecule has 50 heavy (non-hydrogen) atoms. The molecule has 1 aliphatic rings. The molecule has 2 aromatic heterocycles. The van der Waals surface area contributed by atoms with Gasteiger partial charge in [-0.2, -0.15) is 10.5 Å². The standard InChI is InChI=1S/C46H34N4/c1-29-43(33-23-19-31(27-47)20-24-33)45(49-39-15-7-3-11-35(39)36-12-4-8-16-40(36)49)30(2)46(44(29)34-25-21-32(28-48)22-26-34)50-41-17-9-5-13-37(41)38-14-6-10-18-42(38)50/h3-5,7-9,11-13,15-17,19-26H,6,10,14,18H2,1-2H3. The number of para-hydroxylation sites is 3. The molecule has 9 rings (SSSR count). The van der Waals surface area contributed by atoms with Gasteiger partial charge in [-0.15, -0.1) is 0 Å². The second kappa shape index (κ2) is 11.7. The number of hydrogen-bond donors (Lipinski definition) is 0. The van der Waals surface area contributed by atoms with Crippen molar-refractivity contribution in [2.45, 2.75) is 39.5 Å². The molecule has 0 saturated carbocycles. The number of hydrogen-bond acceptors (Lipinski definition) is 2. The third-order valence-electron chi connectivity index (χ3n) is 10.7. The van der Waals surface area contributed by atoms with E-state index in [4.69, 9.17) is 0 Å². The summed E-state index contributed by atoms with van der Waals surface area (Å²) in [6, 6.07) is 47.0. The molecule has 0 unspecified atom stereocenters. The first-order valence-corrected chi connectivity index (χ1v) is 17.4. The monoisotopic (exact) mass is 642 g/mol. The van der Waals surface area contributed by atoms with E-state index in [9.17, 15) is 10.5 Å². The highest BCUT2D eigenvalue weighted by atomic mass is 15.0. The van der Waals surface area contributed by atoms with Crippen LogP contribution in [-0.2, 0) is 12.8 Å². The summed E-state index contributed by atoms with van der Waals surface area (Å²) in [6.07, 6.45) is 4.47. The summed E-state index contributed by atoms with van der Waals surface area (Å²) in [5.41, 5.74) is 16.7. The van der Waals surface area contributed by atoms with Gasteiger partial charge < -0.3 is 9.13 Å². The molecule has 0 spiro atoms. The third kappa shape index (κ3) is 4.36. The minimum atomic E-state index is 0.635.